The number of pyridine rings is 1. The molecule has 0 aliphatic heterocycles. The molecule has 0 atom stereocenters. The van der Waals surface area contributed by atoms with Crippen molar-refractivity contribution in [2.75, 3.05) is 5.32 Å². The van der Waals surface area contributed by atoms with Crippen molar-refractivity contribution in [1.29, 1.82) is 0 Å². The van der Waals surface area contributed by atoms with E-state index in [9.17, 15) is 9.18 Å². The lowest BCUT2D eigenvalue weighted by Crippen LogP contribution is -2.14. The Labute approximate surface area is 141 Å². The average Bonchev–Trinajstić information content (AvgIpc) is 3.17. The van der Waals surface area contributed by atoms with Gasteiger partial charge in [-0.1, -0.05) is 18.2 Å². The Morgan fingerprint density at radius 1 is 1.12 bits per heavy atom. The van der Waals surface area contributed by atoms with Crippen LogP contribution in [0.2, 0.25) is 0 Å². The Kier molecular flexibility index (Phi) is 3.62. The van der Waals surface area contributed by atoms with Gasteiger partial charge in [0.2, 0.25) is 0 Å². The summed E-state index contributed by atoms with van der Waals surface area (Å²) >= 11 is 0. The number of para-hydroxylation sites is 1. The van der Waals surface area contributed by atoms with Gasteiger partial charge in [0.25, 0.3) is 5.91 Å². The van der Waals surface area contributed by atoms with Crippen LogP contribution < -0.4 is 5.32 Å². The Hall–Kier alpha value is -3.68. The minimum Gasteiger partial charge on any atom is -0.319 e. The van der Waals surface area contributed by atoms with Gasteiger partial charge in [0.1, 0.15) is 12.1 Å². The smallest absolute Gasteiger partial charge is 0.257 e. The highest BCUT2D eigenvalue weighted by molar-refractivity contribution is 6.11. The van der Waals surface area contributed by atoms with Gasteiger partial charge in [-0.05, 0) is 40.8 Å². The molecule has 8 heteroatoms. The number of hydrogen-bond acceptors (Lipinski definition) is 5. The third kappa shape index (κ3) is 2.80. The first-order chi connectivity index (χ1) is 12.2. The Morgan fingerprint density at radius 2 is 2.00 bits per heavy atom. The maximum atomic E-state index is 14.1. The number of halogens is 1. The molecule has 0 aliphatic carbocycles. The fourth-order valence-corrected chi connectivity index (χ4v) is 2.51. The largest absolute Gasteiger partial charge is 0.319 e. The number of carbonyl (C=O) groups is 1. The van der Waals surface area contributed by atoms with Crippen LogP contribution in [0.15, 0.2) is 61.1 Å². The lowest BCUT2D eigenvalue weighted by molar-refractivity contribution is 0.102. The summed E-state index contributed by atoms with van der Waals surface area (Å²) in [7, 11) is 0. The number of amides is 1. The first kappa shape index (κ1) is 14.9. The van der Waals surface area contributed by atoms with E-state index in [2.05, 4.69) is 25.8 Å². The van der Waals surface area contributed by atoms with Gasteiger partial charge in [-0.3, -0.25) is 9.78 Å². The van der Waals surface area contributed by atoms with Gasteiger partial charge < -0.3 is 5.32 Å². The van der Waals surface area contributed by atoms with Crippen LogP contribution in [0.4, 0.5) is 10.1 Å². The van der Waals surface area contributed by atoms with E-state index in [0.29, 0.717) is 16.8 Å². The van der Waals surface area contributed by atoms with Gasteiger partial charge >= 0.3 is 0 Å². The number of nitrogens with one attached hydrogen (secondary N) is 1. The summed E-state index contributed by atoms with van der Waals surface area (Å²) in [5.41, 5.74) is 1.48. The van der Waals surface area contributed by atoms with Gasteiger partial charge in [0.15, 0.2) is 0 Å². The summed E-state index contributed by atoms with van der Waals surface area (Å²) in [5.74, 6) is -1.00. The highest BCUT2D eigenvalue weighted by atomic mass is 19.1. The zero-order chi connectivity index (χ0) is 17.2. The molecule has 0 saturated heterocycles. The fourth-order valence-electron chi connectivity index (χ4n) is 2.51. The highest BCUT2D eigenvalue weighted by Crippen LogP contribution is 2.21. The van der Waals surface area contributed by atoms with Crippen molar-refractivity contribution >= 4 is 22.5 Å². The minimum atomic E-state index is -0.557. The SMILES string of the molecule is O=C(Nc1cc(-n2cnnn2)ccc1F)c1cccc2cccnc12. The molecule has 2 aromatic carbocycles. The normalized spacial score (nSPS) is 10.8. The number of carbonyl (C=O) groups excluding carboxylic acids is 1. The molecule has 0 aliphatic rings. The second-order valence-electron chi connectivity index (χ2n) is 5.25. The van der Waals surface area contributed by atoms with Gasteiger partial charge in [0.05, 0.1) is 22.5 Å². The molecule has 25 heavy (non-hydrogen) atoms. The standard InChI is InChI=1S/C17H11FN6O/c18-14-7-6-12(24-10-20-22-23-24)9-15(14)21-17(25)13-5-1-3-11-4-2-8-19-16(11)13/h1-10H,(H,21,25). The minimum absolute atomic E-state index is 0.0333. The molecule has 1 N–H and O–H groups in total. The van der Waals surface area contributed by atoms with Crippen LogP contribution in [0, 0.1) is 5.82 Å². The third-order valence-electron chi connectivity index (χ3n) is 3.69. The van der Waals surface area contributed by atoms with Crippen LogP contribution in [0.1, 0.15) is 10.4 Å². The van der Waals surface area contributed by atoms with Gasteiger partial charge in [0, 0.05) is 11.6 Å². The van der Waals surface area contributed by atoms with Crippen molar-refractivity contribution in [3.63, 3.8) is 0 Å². The van der Waals surface area contributed by atoms with Crippen LogP contribution in [-0.4, -0.2) is 31.1 Å². The maximum absolute atomic E-state index is 14.1. The molecule has 4 aromatic rings. The molecule has 0 radical (unpaired) electrons. The number of hydrogen-bond donors (Lipinski definition) is 1. The molecular weight excluding hydrogens is 323 g/mol. The molecule has 122 valence electrons. The molecule has 7 nitrogen and oxygen atoms in total. The van der Waals surface area contributed by atoms with Crippen molar-refractivity contribution in [1.82, 2.24) is 25.2 Å². The molecule has 2 heterocycles. The highest BCUT2D eigenvalue weighted by Gasteiger charge is 2.14. The third-order valence-corrected chi connectivity index (χ3v) is 3.69. The Morgan fingerprint density at radius 3 is 2.84 bits per heavy atom. The summed E-state index contributed by atoms with van der Waals surface area (Å²) in [6.07, 6.45) is 2.99. The number of benzene rings is 2. The van der Waals surface area contributed by atoms with E-state index < -0.39 is 11.7 Å². The van der Waals surface area contributed by atoms with Gasteiger partial charge in [-0.15, -0.1) is 5.10 Å². The molecular formula is C17H11FN6O. The average molecular weight is 334 g/mol. The second kappa shape index (κ2) is 6.08. The van der Waals surface area contributed by atoms with E-state index >= 15 is 0 Å². The number of fused-ring (bicyclic) bond motifs is 1. The Bertz CT molecular complexity index is 1060. The Balaban J connectivity index is 1.70. The van der Waals surface area contributed by atoms with Crippen LogP contribution >= 0.6 is 0 Å². The van der Waals surface area contributed by atoms with Crippen molar-refractivity contribution in [3.05, 3.63) is 72.4 Å². The molecule has 0 spiro atoms. The number of rotatable bonds is 3. The number of nitrogens with zero attached hydrogens (tertiary/aromatic N) is 5. The van der Waals surface area contributed by atoms with Crippen molar-refractivity contribution in [2.45, 2.75) is 0 Å². The zero-order valence-corrected chi connectivity index (χ0v) is 12.8. The van der Waals surface area contributed by atoms with E-state index in [4.69, 9.17) is 0 Å². The topological polar surface area (TPSA) is 85.6 Å². The number of aromatic nitrogens is 5. The van der Waals surface area contributed by atoms with Crippen molar-refractivity contribution in [2.24, 2.45) is 0 Å². The summed E-state index contributed by atoms with van der Waals surface area (Å²) in [6, 6.07) is 13.1. The van der Waals surface area contributed by atoms with Crippen molar-refractivity contribution in [3.8, 4) is 5.69 Å². The van der Waals surface area contributed by atoms with Crippen LogP contribution in [0.25, 0.3) is 16.6 Å². The van der Waals surface area contributed by atoms with Crippen LogP contribution in [0.3, 0.4) is 0 Å². The molecule has 4 rings (SSSR count). The fraction of sp³-hybridized carbons (Fsp3) is 0. The quantitative estimate of drug-likeness (QED) is 0.622. The summed E-state index contributed by atoms with van der Waals surface area (Å²) in [5, 5.41) is 14.2. The predicted molar refractivity (Wildman–Crippen MR) is 88.8 cm³/mol. The maximum Gasteiger partial charge on any atom is 0.257 e. The molecule has 1 amide bonds. The first-order valence-electron chi connectivity index (χ1n) is 7.40. The second-order valence-corrected chi connectivity index (χ2v) is 5.25. The van der Waals surface area contributed by atoms with Crippen LogP contribution in [0.5, 0.6) is 0 Å². The lowest BCUT2D eigenvalue weighted by Gasteiger charge is -2.10. The summed E-state index contributed by atoms with van der Waals surface area (Å²) in [6.45, 7) is 0. The molecule has 0 unspecified atom stereocenters. The number of anilines is 1. The van der Waals surface area contributed by atoms with E-state index in [1.54, 1.807) is 24.4 Å². The molecule has 0 bridgehead atoms. The lowest BCUT2D eigenvalue weighted by atomic mass is 10.1. The monoisotopic (exact) mass is 334 g/mol. The van der Waals surface area contributed by atoms with Crippen LogP contribution in [-0.2, 0) is 0 Å². The number of tetrazole rings is 1. The van der Waals surface area contributed by atoms with Gasteiger partial charge in [-0.2, -0.15) is 0 Å². The van der Waals surface area contributed by atoms with E-state index in [-0.39, 0.29) is 5.69 Å². The zero-order valence-electron chi connectivity index (χ0n) is 12.8. The van der Waals surface area contributed by atoms with E-state index in [1.807, 2.05) is 12.1 Å². The van der Waals surface area contributed by atoms with Crippen molar-refractivity contribution < 1.29 is 9.18 Å². The summed E-state index contributed by atoms with van der Waals surface area (Å²) in [4.78, 5) is 16.9. The molecule has 0 fully saturated rings. The molecule has 0 saturated carbocycles. The summed E-state index contributed by atoms with van der Waals surface area (Å²) < 4.78 is 15.5. The first-order valence-corrected chi connectivity index (χ1v) is 7.40. The van der Waals surface area contributed by atoms with Gasteiger partial charge in [-0.25, -0.2) is 9.07 Å². The predicted octanol–water partition coefficient (Wildman–Crippen LogP) is 2.60. The van der Waals surface area contributed by atoms with E-state index in [0.717, 1.165) is 5.39 Å². The van der Waals surface area contributed by atoms with E-state index in [1.165, 1.54) is 29.2 Å². The molecule has 2 aromatic heterocycles.